The molecule has 1 aromatic carbocycles. The molecule has 0 saturated carbocycles. The molecule has 3 aromatic heterocycles. The number of nitrogens with zero attached hydrogens (tertiary/aromatic N) is 3. The highest BCUT2D eigenvalue weighted by Crippen LogP contribution is 2.25. The number of hydrogen-bond donors (Lipinski definition) is 1. The van der Waals surface area contributed by atoms with Crippen molar-refractivity contribution in [2.45, 2.75) is 13.0 Å². The molecule has 0 amide bonds. The van der Waals surface area contributed by atoms with Crippen molar-refractivity contribution in [3.63, 3.8) is 0 Å². The smallest absolute Gasteiger partial charge is 0.170 e. The first-order chi connectivity index (χ1) is 13.7. The third kappa shape index (κ3) is 4.29. The van der Waals surface area contributed by atoms with Crippen LogP contribution in [0.2, 0.25) is 5.15 Å². The van der Waals surface area contributed by atoms with Crippen LogP contribution in [0.4, 0.5) is 5.82 Å². The Hall–Kier alpha value is -3.38. The van der Waals surface area contributed by atoms with Gasteiger partial charge in [-0.25, -0.2) is 9.97 Å². The van der Waals surface area contributed by atoms with Crippen LogP contribution in [0.3, 0.4) is 0 Å². The van der Waals surface area contributed by atoms with Gasteiger partial charge in [-0.15, -0.1) is 0 Å². The van der Waals surface area contributed by atoms with Gasteiger partial charge < -0.3 is 15.0 Å². The van der Waals surface area contributed by atoms with E-state index in [0.717, 1.165) is 28.3 Å². The van der Waals surface area contributed by atoms with Crippen LogP contribution in [0.25, 0.3) is 11.3 Å². The Morgan fingerprint density at radius 2 is 1.86 bits per heavy atom. The summed E-state index contributed by atoms with van der Waals surface area (Å²) in [5, 5.41) is 4.58. The van der Waals surface area contributed by atoms with Crippen LogP contribution < -0.4 is 10.5 Å². The second kappa shape index (κ2) is 8.10. The van der Waals surface area contributed by atoms with E-state index in [0.29, 0.717) is 29.8 Å². The predicted octanol–water partition coefficient (Wildman–Crippen LogP) is 4.54. The van der Waals surface area contributed by atoms with E-state index < -0.39 is 0 Å². The molecule has 7 heteroatoms. The largest absolute Gasteiger partial charge is 0.487 e. The molecule has 4 aromatic rings. The topological polar surface area (TPSA) is 87.1 Å². The van der Waals surface area contributed by atoms with Crippen LogP contribution >= 0.6 is 11.6 Å². The number of halogens is 1. The molecule has 0 aliphatic rings. The van der Waals surface area contributed by atoms with E-state index >= 15 is 0 Å². The summed E-state index contributed by atoms with van der Waals surface area (Å²) in [7, 11) is 0. The van der Waals surface area contributed by atoms with Crippen molar-refractivity contribution in [3.8, 4) is 17.1 Å². The molecule has 0 fully saturated rings. The molecule has 28 heavy (non-hydrogen) atoms. The van der Waals surface area contributed by atoms with Crippen LogP contribution in [0.15, 0.2) is 71.4 Å². The highest BCUT2D eigenvalue weighted by Gasteiger charge is 2.10. The average molecular weight is 393 g/mol. The molecular formula is C21H17ClN4O2. The maximum absolute atomic E-state index is 5.89. The lowest BCUT2D eigenvalue weighted by atomic mass is 10.1. The van der Waals surface area contributed by atoms with Gasteiger partial charge in [0.15, 0.2) is 5.76 Å². The quantitative estimate of drug-likeness (QED) is 0.485. The second-order valence-corrected chi connectivity index (χ2v) is 6.57. The van der Waals surface area contributed by atoms with Crippen LogP contribution in [0, 0.1) is 0 Å². The molecule has 0 atom stereocenters. The van der Waals surface area contributed by atoms with Crippen LogP contribution in [0.5, 0.6) is 5.75 Å². The summed E-state index contributed by atoms with van der Waals surface area (Å²) >= 11 is 5.88. The molecule has 4 rings (SSSR count). The zero-order valence-electron chi connectivity index (χ0n) is 14.9. The maximum atomic E-state index is 5.89. The summed E-state index contributed by atoms with van der Waals surface area (Å²) in [6.45, 7) is 0.360. The first-order valence-corrected chi connectivity index (χ1v) is 9.05. The second-order valence-electron chi connectivity index (χ2n) is 6.18. The zero-order valence-corrected chi connectivity index (χ0v) is 15.6. The van der Waals surface area contributed by atoms with Gasteiger partial charge in [0.2, 0.25) is 0 Å². The molecule has 0 unspecified atom stereocenters. The van der Waals surface area contributed by atoms with Gasteiger partial charge in [-0.1, -0.05) is 35.0 Å². The summed E-state index contributed by atoms with van der Waals surface area (Å²) in [6, 6.07) is 18.8. The highest BCUT2D eigenvalue weighted by atomic mass is 35.5. The number of pyridine rings is 2. The SMILES string of the molecule is Nc1ncccc1-c1cc(Cc2ccc(OCc3cccc(Cl)n3)cc2)no1. The first kappa shape index (κ1) is 18.0. The number of anilines is 1. The Balaban J connectivity index is 1.39. The molecular weight excluding hydrogens is 376 g/mol. The van der Waals surface area contributed by atoms with Gasteiger partial charge >= 0.3 is 0 Å². The highest BCUT2D eigenvalue weighted by molar-refractivity contribution is 6.29. The minimum Gasteiger partial charge on any atom is -0.487 e. The number of rotatable bonds is 6. The van der Waals surface area contributed by atoms with Gasteiger partial charge in [0.05, 0.1) is 17.0 Å². The number of benzene rings is 1. The Morgan fingerprint density at radius 1 is 1.00 bits per heavy atom. The fraction of sp³-hybridized carbons (Fsp3) is 0.0952. The zero-order chi connectivity index (χ0) is 19.3. The monoisotopic (exact) mass is 392 g/mol. The van der Waals surface area contributed by atoms with Crippen molar-refractivity contribution in [2.75, 3.05) is 5.73 Å². The van der Waals surface area contributed by atoms with Crippen molar-refractivity contribution in [1.82, 2.24) is 15.1 Å². The third-order valence-electron chi connectivity index (χ3n) is 4.13. The number of nitrogens with two attached hydrogens (primary N) is 1. The normalized spacial score (nSPS) is 10.8. The van der Waals surface area contributed by atoms with E-state index in [1.54, 1.807) is 12.3 Å². The van der Waals surface area contributed by atoms with E-state index in [2.05, 4.69) is 15.1 Å². The molecule has 0 spiro atoms. The van der Waals surface area contributed by atoms with Crippen LogP contribution in [-0.2, 0) is 13.0 Å². The van der Waals surface area contributed by atoms with Crippen molar-refractivity contribution in [2.24, 2.45) is 0 Å². The Morgan fingerprint density at radius 3 is 2.64 bits per heavy atom. The van der Waals surface area contributed by atoms with Crippen molar-refractivity contribution in [3.05, 3.63) is 89.0 Å². The summed E-state index contributed by atoms with van der Waals surface area (Å²) in [5.41, 5.74) is 9.30. The number of nitrogen functional groups attached to an aromatic ring is 1. The Labute approximate surface area is 166 Å². The lowest BCUT2D eigenvalue weighted by molar-refractivity contribution is 0.301. The summed E-state index contributed by atoms with van der Waals surface area (Å²) in [6.07, 6.45) is 2.28. The minimum absolute atomic E-state index is 0.360. The summed E-state index contributed by atoms with van der Waals surface area (Å²) in [4.78, 5) is 8.27. The molecule has 0 aliphatic heterocycles. The van der Waals surface area contributed by atoms with E-state index in [-0.39, 0.29) is 0 Å². The van der Waals surface area contributed by atoms with Gasteiger partial charge in [-0.05, 0) is 42.0 Å². The van der Waals surface area contributed by atoms with Crippen molar-refractivity contribution < 1.29 is 9.26 Å². The number of ether oxygens (including phenoxy) is 1. The molecule has 6 nitrogen and oxygen atoms in total. The standard InChI is InChI=1S/C21H17ClN4O2/c22-20-5-1-3-15(25-20)13-27-17-8-6-14(7-9-17)11-16-12-19(28-26-16)18-4-2-10-24-21(18)23/h1-10,12H,11,13H2,(H2,23,24). The van der Waals surface area contributed by atoms with Crippen molar-refractivity contribution in [1.29, 1.82) is 0 Å². The van der Waals surface area contributed by atoms with Gasteiger partial charge in [0.1, 0.15) is 23.3 Å². The van der Waals surface area contributed by atoms with Gasteiger partial charge in [0.25, 0.3) is 0 Å². The van der Waals surface area contributed by atoms with Gasteiger partial charge in [0, 0.05) is 18.7 Å². The molecule has 0 aliphatic carbocycles. The molecule has 0 radical (unpaired) electrons. The average Bonchev–Trinajstić information content (AvgIpc) is 3.16. The lowest BCUT2D eigenvalue weighted by Gasteiger charge is -2.06. The van der Waals surface area contributed by atoms with Crippen LogP contribution in [0.1, 0.15) is 17.0 Å². The fourth-order valence-corrected chi connectivity index (χ4v) is 2.93. The van der Waals surface area contributed by atoms with Gasteiger partial charge in [-0.2, -0.15) is 0 Å². The Bertz CT molecular complexity index is 1080. The van der Waals surface area contributed by atoms with E-state index in [4.69, 9.17) is 26.6 Å². The maximum Gasteiger partial charge on any atom is 0.170 e. The molecule has 2 N–H and O–H groups in total. The lowest BCUT2D eigenvalue weighted by Crippen LogP contribution is -1.98. The molecule has 0 bridgehead atoms. The number of hydrogen-bond acceptors (Lipinski definition) is 6. The van der Waals surface area contributed by atoms with E-state index in [1.807, 2.05) is 54.6 Å². The third-order valence-corrected chi connectivity index (χ3v) is 4.34. The molecule has 0 saturated heterocycles. The Kier molecular flexibility index (Phi) is 5.21. The molecule has 3 heterocycles. The predicted molar refractivity (Wildman–Crippen MR) is 107 cm³/mol. The van der Waals surface area contributed by atoms with Crippen LogP contribution in [-0.4, -0.2) is 15.1 Å². The van der Waals surface area contributed by atoms with Crippen molar-refractivity contribution >= 4 is 17.4 Å². The fourth-order valence-electron chi connectivity index (χ4n) is 2.75. The minimum atomic E-state index is 0.360. The molecule has 140 valence electrons. The first-order valence-electron chi connectivity index (χ1n) is 8.67. The summed E-state index contributed by atoms with van der Waals surface area (Å²) in [5.74, 6) is 1.78. The van der Waals surface area contributed by atoms with Gasteiger partial charge in [-0.3, -0.25) is 0 Å². The van der Waals surface area contributed by atoms with E-state index in [1.165, 1.54) is 0 Å². The number of aromatic nitrogens is 3. The van der Waals surface area contributed by atoms with E-state index in [9.17, 15) is 0 Å². The summed E-state index contributed by atoms with van der Waals surface area (Å²) < 4.78 is 11.2.